The van der Waals surface area contributed by atoms with Crippen LogP contribution in [-0.4, -0.2) is 42.9 Å². The Bertz CT molecular complexity index is 791. The van der Waals surface area contributed by atoms with Gasteiger partial charge in [-0.1, -0.05) is 47.5 Å². The van der Waals surface area contributed by atoms with Crippen molar-refractivity contribution in [3.63, 3.8) is 0 Å². The summed E-state index contributed by atoms with van der Waals surface area (Å²) in [5, 5.41) is 0.851. The quantitative estimate of drug-likeness (QED) is 0.775. The van der Waals surface area contributed by atoms with Gasteiger partial charge in [0.05, 0.1) is 16.1 Å². The van der Waals surface area contributed by atoms with Crippen LogP contribution in [0.25, 0.3) is 0 Å². The first-order valence-corrected chi connectivity index (χ1v) is 9.12. The van der Waals surface area contributed by atoms with Gasteiger partial charge < -0.3 is 9.80 Å². The number of fused-ring (bicyclic) bond motifs is 1. The van der Waals surface area contributed by atoms with Gasteiger partial charge in [0.1, 0.15) is 0 Å². The number of carbonyl (C=O) groups excluding carboxylic acids is 1. The van der Waals surface area contributed by atoms with Gasteiger partial charge in [0.15, 0.2) is 0 Å². The molecular formula is C20H22Cl2N2O. The second-order valence-electron chi connectivity index (χ2n) is 6.76. The van der Waals surface area contributed by atoms with E-state index in [0.29, 0.717) is 15.6 Å². The van der Waals surface area contributed by atoms with Crippen LogP contribution in [0.2, 0.25) is 10.0 Å². The molecule has 5 heteroatoms. The Morgan fingerprint density at radius 3 is 2.44 bits per heavy atom. The lowest BCUT2D eigenvalue weighted by Gasteiger charge is -2.42. The lowest BCUT2D eigenvalue weighted by atomic mass is 9.82. The SMILES string of the molecule is CN(C)[C@H]1CCc2ccccc2[C@@H]1N(C)C(=O)c1ccc(Cl)c(Cl)c1. The molecule has 1 aliphatic carbocycles. The van der Waals surface area contributed by atoms with E-state index in [1.165, 1.54) is 11.1 Å². The molecule has 1 aliphatic rings. The van der Waals surface area contributed by atoms with Crippen LogP contribution in [0.5, 0.6) is 0 Å². The van der Waals surface area contributed by atoms with E-state index in [2.05, 4.69) is 37.2 Å². The summed E-state index contributed by atoms with van der Waals surface area (Å²) < 4.78 is 0. The lowest BCUT2D eigenvalue weighted by molar-refractivity contribution is 0.0598. The van der Waals surface area contributed by atoms with E-state index in [0.717, 1.165) is 12.8 Å². The molecule has 0 bridgehead atoms. The molecule has 0 saturated carbocycles. The number of amides is 1. The molecule has 0 heterocycles. The van der Waals surface area contributed by atoms with Gasteiger partial charge in [0, 0.05) is 18.7 Å². The molecule has 2 atom stereocenters. The minimum Gasteiger partial charge on any atom is -0.333 e. The third-order valence-corrected chi connectivity index (χ3v) is 5.75. The monoisotopic (exact) mass is 376 g/mol. The molecule has 132 valence electrons. The van der Waals surface area contributed by atoms with Crippen molar-refractivity contribution >= 4 is 29.1 Å². The molecule has 2 aromatic rings. The number of halogens is 2. The van der Waals surface area contributed by atoms with Gasteiger partial charge in [0.2, 0.25) is 0 Å². The number of likely N-dealkylation sites (N-methyl/N-ethyl adjacent to an activating group) is 2. The van der Waals surface area contributed by atoms with Crippen molar-refractivity contribution in [2.75, 3.05) is 21.1 Å². The first-order valence-electron chi connectivity index (χ1n) is 8.36. The van der Waals surface area contributed by atoms with Gasteiger partial charge in [-0.2, -0.15) is 0 Å². The van der Waals surface area contributed by atoms with Gasteiger partial charge in [-0.3, -0.25) is 4.79 Å². The van der Waals surface area contributed by atoms with E-state index in [-0.39, 0.29) is 18.0 Å². The summed E-state index contributed by atoms with van der Waals surface area (Å²) in [6.07, 6.45) is 2.05. The van der Waals surface area contributed by atoms with E-state index in [1.807, 2.05) is 18.0 Å². The Morgan fingerprint density at radius 1 is 1.04 bits per heavy atom. The summed E-state index contributed by atoms with van der Waals surface area (Å²) in [4.78, 5) is 17.1. The van der Waals surface area contributed by atoms with Crippen molar-refractivity contribution in [3.8, 4) is 0 Å². The van der Waals surface area contributed by atoms with Gasteiger partial charge in [-0.05, 0) is 56.3 Å². The van der Waals surface area contributed by atoms with Crippen molar-refractivity contribution < 1.29 is 4.79 Å². The molecular weight excluding hydrogens is 355 g/mol. The number of hydrogen-bond acceptors (Lipinski definition) is 2. The Morgan fingerprint density at radius 2 is 1.76 bits per heavy atom. The number of hydrogen-bond donors (Lipinski definition) is 0. The van der Waals surface area contributed by atoms with E-state index in [9.17, 15) is 4.79 Å². The third-order valence-electron chi connectivity index (χ3n) is 5.02. The van der Waals surface area contributed by atoms with Crippen molar-refractivity contribution in [1.29, 1.82) is 0 Å². The number of rotatable bonds is 3. The highest BCUT2D eigenvalue weighted by Gasteiger charge is 2.35. The van der Waals surface area contributed by atoms with Gasteiger partial charge in [-0.25, -0.2) is 0 Å². The summed E-state index contributed by atoms with van der Waals surface area (Å²) in [5.74, 6) is -0.0490. The van der Waals surface area contributed by atoms with Crippen LogP contribution in [0, 0.1) is 0 Å². The zero-order valence-corrected chi connectivity index (χ0v) is 16.2. The zero-order valence-electron chi connectivity index (χ0n) is 14.7. The van der Waals surface area contributed by atoms with Crippen LogP contribution >= 0.6 is 23.2 Å². The predicted octanol–water partition coefficient (Wildman–Crippen LogP) is 4.68. The second kappa shape index (κ2) is 7.36. The standard InChI is InChI=1S/C20H22Cl2N2O/c1-23(2)18-11-9-13-6-4-5-7-15(13)19(18)24(3)20(25)14-8-10-16(21)17(22)12-14/h4-8,10,12,18-19H,9,11H2,1-3H3/t18-,19-/m0/s1. The lowest BCUT2D eigenvalue weighted by Crippen LogP contribution is -2.46. The van der Waals surface area contributed by atoms with Crippen molar-refractivity contribution in [2.24, 2.45) is 0 Å². The minimum absolute atomic E-state index is 0.00176. The van der Waals surface area contributed by atoms with Crippen LogP contribution in [0.4, 0.5) is 0 Å². The molecule has 0 radical (unpaired) electrons. The highest BCUT2D eigenvalue weighted by Crippen LogP contribution is 2.36. The highest BCUT2D eigenvalue weighted by molar-refractivity contribution is 6.42. The molecule has 0 fully saturated rings. The van der Waals surface area contributed by atoms with Gasteiger partial charge in [-0.15, -0.1) is 0 Å². The molecule has 0 saturated heterocycles. The van der Waals surface area contributed by atoms with Crippen LogP contribution in [0.15, 0.2) is 42.5 Å². The summed E-state index contributed by atoms with van der Waals surface area (Å²) >= 11 is 12.1. The zero-order chi connectivity index (χ0) is 18.1. The van der Waals surface area contributed by atoms with Crippen LogP contribution in [-0.2, 0) is 6.42 Å². The Labute approximate surface area is 159 Å². The van der Waals surface area contributed by atoms with Gasteiger partial charge >= 0.3 is 0 Å². The summed E-state index contributed by atoms with van der Waals surface area (Å²) in [6.45, 7) is 0. The minimum atomic E-state index is -0.0490. The normalized spacial score (nSPS) is 19.6. The Hall–Kier alpha value is -1.55. The van der Waals surface area contributed by atoms with Crippen molar-refractivity contribution in [2.45, 2.75) is 24.9 Å². The Balaban J connectivity index is 1.98. The van der Waals surface area contributed by atoms with Crippen molar-refractivity contribution in [1.82, 2.24) is 9.80 Å². The molecule has 0 spiro atoms. The number of nitrogens with zero attached hydrogens (tertiary/aromatic N) is 2. The number of benzene rings is 2. The average molecular weight is 377 g/mol. The van der Waals surface area contributed by atoms with E-state index >= 15 is 0 Å². The second-order valence-corrected chi connectivity index (χ2v) is 7.57. The first kappa shape index (κ1) is 18.2. The van der Waals surface area contributed by atoms with E-state index in [4.69, 9.17) is 23.2 Å². The number of carbonyl (C=O) groups is 1. The molecule has 2 aromatic carbocycles. The fourth-order valence-corrected chi connectivity index (χ4v) is 3.98. The molecule has 3 nitrogen and oxygen atoms in total. The van der Waals surface area contributed by atoms with Crippen LogP contribution in [0.1, 0.15) is 33.9 Å². The van der Waals surface area contributed by atoms with Crippen LogP contribution in [0.3, 0.4) is 0 Å². The maximum absolute atomic E-state index is 13.1. The first-order chi connectivity index (χ1) is 11.9. The molecule has 3 rings (SSSR count). The Kier molecular flexibility index (Phi) is 5.38. The fourth-order valence-electron chi connectivity index (χ4n) is 3.69. The van der Waals surface area contributed by atoms with Crippen LogP contribution < -0.4 is 0 Å². The topological polar surface area (TPSA) is 23.6 Å². The smallest absolute Gasteiger partial charge is 0.254 e. The molecule has 0 unspecified atom stereocenters. The summed E-state index contributed by atoms with van der Waals surface area (Å²) in [5.41, 5.74) is 3.10. The predicted molar refractivity (Wildman–Crippen MR) is 104 cm³/mol. The number of aryl methyl sites for hydroxylation is 1. The third kappa shape index (κ3) is 3.55. The highest BCUT2D eigenvalue weighted by atomic mass is 35.5. The maximum atomic E-state index is 13.1. The molecule has 1 amide bonds. The largest absolute Gasteiger partial charge is 0.333 e. The molecule has 0 aliphatic heterocycles. The van der Waals surface area contributed by atoms with E-state index < -0.39 is 0 Å². The van der Waals surface area contributed by atoms with E-state index in [1.54, 1.807) is 18.2 Å². The molecule has 0 N–H and O–H groups in total. The maximum Gasteiger partial charge on any atom is 0.254 e. The summed E-state index contributed by atoms with van der Waals surface area (Å²) in [7, 11) is 6.01. The van der Waals surface area contributed by atoms with Crippen molar-refractivity contribution in [3.05, 3.63) is 69.2 Å². The average Bonchev–Trinajstić information content (AvgIpc) is 2.61. The fraction of sp³-hybridized carbons (Fsp3) is 0.350. The molecule has 25 heavy (non-hydrogen) atoms. The van der Waals surface area contributed by atoms with Gasteiger partial charge in [0.25, 0.3) is 5.91 Å². The molecule has 0 aromatic heterocycles. The summed E-state index contributed by atoms with van der Waals surface area (Å²) in [6, 6.07) is 13.7.